The number of halogens is 2. The summed E-state index contributed by atoms with van der Waals surface area (Å²) >= 11 is 11.8. The Morgan fingerprint density at radius 3 is 2.61 bits per heavy atom. The van der Waals surface area contributed by atoms with Gasteiger partial charge in [-0.25, -0.2) is 4.98 Å². The molecule has 0 amide bonds. The Morgan fingerprint density at radius 2 is 1.87 bits per heavy atom. The topological polar surface area (TPSA) is 34.1 Å². The second-order valence-electron chi connectivity index (χ2n) is 5.86. The highest BCUT2D eigenvalue weighted by Gasteiger charge is 2.26. The molecule has 5 heteroatoms. The molecule has 23 heavy (non-hydrogen) atoms. The number of piperidine rings is 1. The molecule has 0 unspecified atom stereocenters. The van der Waals surface area contributed by atoms with E-state index in [1.165, 1.54) is 5.56 Å². The average molecular weight is 351 g/mol. The number of aromatic nitrogens is 1. The van der Waals surface area contributed by atoms with E-state index in [9.17, 15) is 0 Å². The van der Waals surface area contributed by atoms with Crippen LogP contribution >= 0.6 is 23.2 Å². The molecule has 1 saturated heterocycles. The van der Waals surface area contributed by atoms with Crippen molar-refractivity contribution in [3.05, 3.63) is 58.2 Å². The predicted molar refractivity (Wildman–Crippen MR) is 94.5 cm³/mol. The molecule has 0 aliphatic carbocycles. The zero-order valence-electron chi connectivity index (χ0n) is 12.8. The van der Waals surface area contributed by atoms with Crippen LogP contribution in [0.15, 0.2) is 42.6 Å². The minimum absolute atomic E-state index is 0.503. The largest absolute Gasteiger partial charge is 0.478 e. The van der Waals surface area contributed by atoms with Crippen molar-refractivity contribution in [2.45, 2.75) is 18.8 Å². The summed E-state index contributed by atoms with van der Waals surface area (Å²) < 4.78 is 5.76. The standard InChI is InChI=1S/C18H20Cl2N2O/c19-15-3-1-13(2-4-15)17-12-21-9-7-14(17)8-10-23-18-6-5-16(20)11-22-18/h1-6,11,14,17,21H,7-10,12H2/t14-,17+/m1/s1. The van der Waals surface area contributed by atoms with E-state index in [4.69, 9.17) is 27.9 Å². The first-order chi connectivity index (χ1) is 11.2. The molecule has 3 rings (SSSR count). The third-order valence-electron chi connectivity index (χ3n) is 4.36. The lowest BCUT2D eigenvalue weighted by atomic mass is 9.80. The maximum atomic E-state index is 6.00. The van der Waals surface area contributed by atoms with Crippen LogP contribution in [0, 0.1) is 5.92 Å². The van der Waals surface area contributed by atoms with Crippen molar-refractivity contribution in [3.8, 4) is 5.88 Å². The lowest BCUT2D eigenvalue weighted by Crippen LogP contribution is -2.35. The van der Waals surface area contributed by atoms with Crippen LogP contribution in [0.3, 0.4) is 0 Å². The summed E-state index contributed by atoms with van der Waals surface area (Å²) in [6.07, 6.45) is 3.78. The van der Waals surface area contributed by atoms with Crippen LogP contribution in [0.1, 0.15) is 24.3 Å². The Morgan fingerprint density at radius 1 is 1.09 bits per heavy atom. The van der Waals surface area contributed by atoms with Crippen LogP contribution in [0.25, 0.3) is 0 Å². The Hall–Kier alpha value is -1.29. The van der Waals surface area contributed by atoms with Gasteiger partial charge in [0, 0.05) is 23.8 Å². The SMILES string of the molecule is Clc1ccc([C@@H]2CNCC[C@@H]2CCOc2ccc(Cl)cn2)cc1. The van der Waals surface area contributed by atoms with Gasteiger partial charge in [-0.3, -0.25) is 0 Å². The molecule has 3 nitrogen and oxygen atoms in total. The van der Waals surface area contributed by atoms with Crippen molar-refractivity contribution >= 4 is 23.2 Å². The van der Waals surface area contributed by atoms with E-state index in [1.54, 1.807) is 18.3 Å². The Bertz CT molecular complexity index is 616. The Kier molecular flexibility index (Phi) is 5.76. The number of pyridine rings is 1. The second-order valence-corrected chi connectivity index (χ2v) is 6.74. The lowest BCUT2D eigenvalue weighted by Gasteiger charge is -2.32. The van der Waals surface area contributed by atoms with Gasteiger partial charge in [0.15, 0.2) is 0 Å². The number of nitrogens with one attached hydrogen (secondary N) is 1. The lowest BCUT2D eigenvalue weighted by molar-refractivity contribution is 0.227. The number of hydrogen-bond acceptors (Lipinski definition) is 3. The maximum absolute atomic E-state index is 6.00. The van der Waals surface area contributed by atoms with Gasteiger partial charge in [0.1, 0.15) is 0 Å². The monoisotopic (exact) mass is 350 g/mol. The first-order valence-electron chi connectivity index (χ1n) is 7.93. The number of nitrogens with zero attached hydrogens (tertiary/aromatic N) is 1. The number of benzene rings is 1. The highest BCUT2D eigenvalue weighted by atomic mass is 35.5. The van der Waals surface area contributed by atoms with Crippen LogP contribution in [-0.2, 0) is 0 Å². The molecule has 1 aliphatic rings. The van der Waals surface area contributed by atoms with Crippen molar-refractivity contribution in [1.29, 1.82) is 0 Å². The van der Waals surface area contributed by atoms with Gasteiger partial charge in [-0.2, -0.15) is 0 Å². The summed E-state index contributed by atoms with van der Waals surface area (Å²) in [5.74, 6) is 1.74. The minimum Gasteiger partial charge on any atom is -0.478 e. The molecule has 1 aromatic carbocycles. The summed E-state index contributed by atoms with van der Waals surface area (Å²) in [5, 5.41) is 4.90. The summed E-state index contributed by atoms with van der Waals surface area (Å²) in [7, 11) is 0. The van der Waals surface area contributed by atoms with Crippen molar-refractivity contribution in [1.82, 2.24) is 10.3 Å². The molecule has 2 aromatic rings. The molecule has 1 aliphatic heterocycles. The van der Waals surface area contributed by atoms with E-state index in [0.717, 1.165) is 31.0 Å². The van der Waals surface area contributed by atoms with E-state index in [1.807, 2.05) is 12.1 Å². The van der Waals surface area contributed by atoms with Gasteiger partial charge < -0.3 is 10.1 Å². The minimum atomic E-state index is 0.503. The molecular formula is C18H20Cl2N2O. The number of rotatable bonds is 5. The van der Waals surface area contributed by atoms with Crippen LogP contribution in [-0.4, -0.2) is 24.7 Å². The van der Waals surface area contributed by atoms with E-state index in [0.29, 0.717) is 29.3 Å². The molecule has 2 atom stereocenters. The van der Waals surface area contributed by atoms with Gasteiger partial charge in [-0.05, 0) is 55.0 Å². The summed E-state index contributed by atoms with van der Waals surface area (Å²) in [6.45, 7) is 2.74. The van der Waals surface area contributed by atoms with E-state index >= 15 is 0 Å². The van der Waals surface area contributed by atoms with Gasteiger partial charge in [-0.15, -0.1) is 0 Å². The third kappa shape index (κ3) is 4.60. The fourth-order valence-corrected chi connectivity index (χ4v) is 3.36. The Labute approximate surface area is 147 Å². The third-order valence-corrected chi connectivity index (χ3v) is 4.84. The summed E-state index contributed by atoms with van der Waals surface area (Å²) in [4.78, 5) is 4.17. The van der Waals surface area contributed by atoms with Crippen molar-refractivity contribution in [2.75, 3.05) is 19.7 Å². The molecule has 0 bridgehead atoms. The fourth-order valence-electron chi connectivity index (χ4n) is 3.12. The average Bonchev–Trinajstić information content (AvgIpc) is 2.58. The van der Waals surface area contributed by atoms with Gasteiger partial charge in [0.2, 0.25) is 5.88 Å². The normalized spacial score (nSPS) is 21.1. The molecule has 1 fully saturated rings. The van der Waals surface area contributed by atoms with Gasteiger partial charge in [-0.1, -0.05) is 35.3 Å². The van der Waals surface area contributed by atoms with Crippen molar-refractivity contribution < 1.29 is 4.74 Å². The predicted octanol–water partition coefficient (Wildman–Crippen LogP) is 4.55. The molecule has 0 spiro atoms. The van der Waals surface area contributed by atoms with E-state index in [2.05, 4.69) is 22.4 Å². The molecule has 1 aromatic heterocycles. The number of ether oxygens (including phenoxy) is 1. The molecule has 0 radical (unpaired) electrons. The highest BCUT2D eigenvalue weighted by molar-refractivity contribution is 6.30. The van der Waals surface area contributed by atoms with Gasteiger partial charge in [0.05, 0.1) is 11.6 Å². The summed E-state index contributed by atoms with van der Waals surface area (Å²) in [6, 6.07) is 11.8. The van der Waals surface area contributed by atoms with Crippen LogP contribution in [0.4, 0.5) is 0 Å². The second kappa shape index (κ2) is 8.00. The van der Waals surface area contributed by atoms with Crippen molar-refractivity contribution in [2.24, 2.45) is 5.92 Å². The number of hydrogen-bond donors (Lipinski definition) is 1. The highest BCUT2D eigenvalue weighted by Crippen LogP contribution is 2.32. The Balaban J connectivity index is 1.58. The maximum Gasteiger partial charge on any atom is 0.213 e. The smallest absolute Gasteiger partial charge is 0.213 e. The van der Waals surface area contributed by atoms with Crippen LogP contribution in [0.2, 0.25) is 10.0 Å². The fraction of sp³-hybridized carbons (Fsp3) is 0.389. The zero-order valence-corrected chi connectivity index (χ0v) is 14.4. The quantitative estimate of drug-likeness (QED) is 0.858. The van der Waals surface area contributed by atoms with Crippen molar-refractivity contribution in [3.63, 3.8) is 0 Å². The van der Waals surface area contributed by atoms with Gasteiger partial charge >= 0.3 is 0 Å². The van der Waals surface area contributed by atoms with Gasteiger partial charge in [0.25, 0.3) is 0 Å². The molecular weight excluding hydrogens is 331 g/mol. The van der Waals surface area contributed by atoms with E-state index < -0.39 is 0 Å². The first-order valence-corrected chi connectivity index (χ1v) is 8.68. The zero-order chi connectivity index (χ0) is 16.1. The van der Waals surface area contributed by atoms with Crippen LogP contribution in [0.5, 0.6) is 5.88 Å². The first kappa shape index (κ1) is 16.6. The molecule has 2 heterocycles. The molecule has 0 saturated carbocycles. The summed E-state index contributed by atoms with van der Waals surface area (Å²) in [5.41, 5.74) is 1.34. The van der Waals surface area contributed by atoms with Crippen LogP contribution < -0.4 is 10.1 Å². The molecule has 1 N–H and O–H groups in total. The molecule has 122 valence electrons. The van der Waals surface area contributed by atoms with E-state index in [-0.39, 0.29) is 0 Å².